The smallest absolute Gasteiger partial charge is 0.0982 e. The molecular weight excluding hydrogens is 228 g/mol. The molecule has 1 fully saturated rings. The monoisotopic (exact) mass is 252 g/mol. The van der Waals surface area contributed by atoms with Crippen LogP contribution in [0.1, 0.15) is 57.7 Å². The van der Waals surface area contributed by atoms with E-state index in [9.17, 15) is 0 Å². The molecule has 1 aliphatic carbocycles. The van der Waals surface area contributed by atoms with Crippen molar-refractivity contribution in [2.75, 3.05) is 6.54 Å². The van der Waals surface area contributed by atoms with Gasteiger partial charge >= 0.3 is 0 Å². The second kappa shape index (κ2) is 4.69. The maximum atomic E-state index is 4.70. The number of rotatable bonds is 4. The average Bonchev–Trinajstić information content (AvgIpc) is 2.63. The first kappa shape index (κ1) is 13.0. The molecule has 0 atom stereocenters. The lowest BCUT2D eigenvalue weighted by atomic mass is 9.70. The molecule has 0 unspecified atom stereocenters. The first-order valence-corrected chi connectivity index (χ1v) is 7.43. The number of hydrogen-bond donors (Lipinski definition) is 1. The average molecular weight is 252 g/mol. The third-order valence-electron chi connectivity index (χ3n) is 3.61. The fraction of sp³-hybridized carbons (Fsp3) is 0.786. The molecule has 0 amide bonds. The Kier molecular flexibility index (Phi) is 3.60. The van der Waals surface area contributed by atoms with Gasteiger partial charge in [-0.2, -0.15) is 0 Å². The van der Waals surface area contributed by atoms with Gasteiger partial charge in [0.15, 0.2) is 0 Å². The van der Waals surface area contributed by atoms with Crippen molar-refractivity contribution in [3.8, 4) is 0 Å². The Bertz CT molecular complexity index is 372. The summed E-state index contributed by atoms with van der Waals surface area (Å²) in [5.74, 6) is 0. The first-order chi connectivity index (χ1) is 7.89. The zero-order chi connectivity index (χ0) is 12.5. The van der Waals surface area contributed by atoms with Gasteiger partial charge in [0.2, 0.25) is 0 Å². The van der Waals surface area contributed by atoms with Crippen LogP contribution in [0.2, 0.25) is 0 Å². The summed E-state index contributed by atoms with van der Waals surface area (Å²) in [6, 6.07) is 0. The highest BCUT2D eigenvalue weighted by atomic mass is 32.1. The van der Waals surface area contributed by atoms with Crippen LogP contribution in [0.15, 0.2) is 5.38 Å². The predicted molar refractivity (Wildman–Crippen MR) is 74.5 cm³/mol. The summed E-state index contributed by atoms with van der Waals surface area (Å²) in [5, 5.41) is 6.98. The van der Waals surface area contributed by atoms with Crippen molar-refractivity contribution >= 4 is 11.3 Å². The minimum Gasteiger partial charge on any atom is -0.311 e. The minimum atomic E-state index is 0.183. The molecule has 1 saturated carbocycles. The molecule has 2 nitrogen and oxygen atoms in total. The summed E-state index contributed by atoms with van der Waals surface area (Å²) in [6.07, 6.45) is 4.16. The fourth-order valence-electron chi connectivity index (χ4n) is 2.18. The summed E-state index contributed by atoms with van der Waals surface area (Å²) in [6.45, 7) is 11.1. The number of hydrogen-bond acceptors (Lipinski definition) is 3. The van der Waals surface area contributed by atoms with E-state index in [0.717, 1.165) is 13.1 Å². The predicted octanol–water partition coefficient (Wildman–Crippen LogP) is 3.72. The van der Waals surface area contributed by atoms with Gasteiger partial charge in [-0.05, 0) is 18.3 Å². The Morgan fingerprint density at radius 3 is 2.59 bits per heavy atom. The van der Waals surface area contributed by atoms with Gasteiger partial charge in [0.1, 0.15) is 0 Å². The summed E-state index contributed by atoms with van der Waals surface area (Å²) < 4.78 is 0. The molecule has 0 bridgehead atoms. The van der Waals surface area contributed by atoms with Gasteiger partial charge in [0.25, 0.3) is 0 Å². The van der Waals surface area contributed by atoms with E-state index in [1.165, 1.54) is 30.0 Å². The molecule has 2 rings (SSSR count). The summed E-state index contributed by atoms with van der Waals surface area (Å²) >= 11 is 1.78. The maximum absolute atomic E-state index is 4.70. The molecule has 1 N–H and O–H groups in total. The van der Waals surface area contributed by atoms with Gasteiger partial charge in [-0.25, -0.2) is 4.98 Å². The second-order valence-corrected chi connectivity index (χ2v) is 7.52. The van der Waals surface area contributed by atoms with E-state index >= 15 is 0 Å². The lowest BCUT2D eigenvalue weighted by molar-refractivity contribution is 0.156. The molecule has 17 heavy (non-hydrogen) atoms. The second-order valence-electron chi connectivity index (χ2n) is 6.66. The number of nitrogens with one attached hydrogen (secondary N) is 1. The van der Waals surface area contributed by atoms with Crippen molar-refractivity contribution in [2.24, 2.45) is 5.41 Å². The Hall–Kier alpha value is -0.410. The molecule has 0 aliphatic heterocycles. The summed E-state index contributed by atoms with van der Waals surface area (Å²) in [5.41, 5.74) is 1.94. The topological polar surface area (TPSA) is 24.9 Å². The van der Waals surface area contributed by atoms with E-state index in [4.69, 9.17) is 4.98 Å². The van der Waals surface area contributed by atoms with Crippen LogP contribution in [0.4, 0.5) is 0 Å². The molecule has 0 radical (unpaired) electrons. The van der Waals surface area contributed by atoms with Crippen LogP contribution in [0.3, 0.4) is 0 Å². The zero-order valence-electron chi connectivity index (χ0n) is 11.5. The summed E-state index contributed by atoms with van der Waals surface area (Å²) in [7, 11) is 0. The Morgan fingerprint density at radius 2 is 2.12 bits per heavy atom. The van der Waals surface area contributed by atoms with E-state index in [2.05, 4.69) is 38.4 Å². The normalized spacial score (nSPS) is 19.1. The standard InChI is InChI=1S/C14H24N2S/c1-13(2,3)12-16-11(9-17-12)8-15-10-14(4)6-5-7-14/h9,15H,5-8,10H2,1-4H3. The molecule has 1 aromatic heterocycles. The molecular formula is C14H24N2S. The van der Waals surface area contributed by atoms with Crippen LogP contribution < -0.4 is 5.32 Å². The molecule has 3 heteroatoms. The van der Waals surface area contributed by atoms with Gasteiger partial charge in [-0.3, -0.25) is 0 Å². The SMILES string of the molecule is CC1(CNCc2csc(C(C)(C)C)n2)CCC1. The largest absolute Gasteiger partial charge is 0.311 e. The zero-order valence-corrected chi connectivity index (χ0v) is 12.3. The highest BCUT2D eigenvalue weighted by Gasteiger charge is 2.31. The fourth-order valence-corrected chi connectivity index (χ4v) is 3.09. The van der Waals surface area contributed by atoms with E-state index in [1.54, 1.807) is 11.3 Å². The van der Waals surface area contributed by atoms with Crippen molar-refractivity contribution in [2.45, 2.75) is 58.9 Å². The minimum absolute atomic E-state index is 0.183. The highest BCUT2D eigenvalue weighted by Crippen LogP contribution is 2.39. The van der Waals surface area contributed by atoms with Gasteiger partial charge in [0, 0.05) is 23.9 Å². The van der Waals surface area contributed by atoms with Gasteiger partial charge in [0.05, 0.1) is 10.7 Å². The van der Waals surface area contributed by atoms with Gasteiger partial charge in [-0.1, -0.05) is 34.1 Å². The van der Waals surface area contributed by atoms with Gasteiger partial charge < -0.3 is 5.32 Å². The van der Waals surface area contributed by atoms with E-state index in [1.807, 2.05) is 0 Å². The molecule has 0 aromatic carbocycles. The molecule has 1 aromatic rings. The first-order valence-electron chi connectivity index (χ1n) is 6.55. The third kappa shape index (κ3) is 3.29. The van der Waals surface area contributed by atoms with Crippen LogP contribution in [0.25, 0.3) is 0 Å². The van der Waals surface area contributed by atoms with Crippen LogP contribution in [-0.4, -0.2) is 11.5 Å². The van der Waals surface area contributed by atoms with Crippen LogP contribution in [0, 0.1) is 5.41 Å². The third-order valence-corrected chi connectivity index (χ3v) is 4.93. The van der Waals surface area contributed by atoms with E-state index < -0.39 is 0 Å². The Labute approximate surface area is 109 Å². The lowest BCUT2D eigenvalue weighted by Gasteiger charge is -2.38. The van der Waals surface area contributed by atoms with Crippen LogP contribution in [-0.2, 0) is 12.0 Å². The highest BCUT2D eigenvalue weighted by molar-refractivity contribution is 7.09. The molecule has 0 saturated heterocycles. The van der Waals surface area contributed by atoms with Crippen LogP contribution >= 0.6 is 11.3 Å². The number of thiazole rings is 1. The molecule has 96 valence electrons. The molecule has 1 heterocycles. The van der Waals surface area contributed by atoms with Crippen molar-refractivity contribution in [3.63, 3.8) is 0 Å². The van der Waals surface area contributed by atoms with Crippen molar-refractivity contribution < 1.29 is 0 Å². The van der Waals surface area contributed by atoms with Crippen LogP contribution in [0.5, 0.6) is 0 Å². The Balaban J connectivity index is 1.81. The quantitative estimate of drug-likeness (QED) is 0.883. The molecule has 1 aliphatic rings. The Morgan fingerprint density at radius 1 is 1.41 bits per heavy atom. The van der Waals surface area contributed by atoms with E-state index in [-0.39, 0.29) is 5.41 Å². The van der Waals surface area contributed by atoms with Crippen molar-refractivity contribution in [3.05, 3.63) is 16.1 Å². The van der Waals surface area contributed by atoms with Crippen molar-refractivity contribution in [1.29, 1.82) is 0 Å². The molecule has 0 spiro atoms. The number of aromatic nitrogens is 1. The van der Waals surface area contributed by atoms with E-state index in [0.29, 0.717) is 5.41 Å². The summed E-state index contributed by atoms with van der Waals surface area (Å²) in [4.78, 5) is 4.70. The number of nitrogens with zero attached hydrogens (tertiary/aromatic N) is 1. The lowest BCUT2D eigenvalue weighted by Crippen LogP contribution is -2.37. The maximum Gasteiger partial charge on any atom is 0.0982 e. The van der Waals surface area contributed by atoms with Crippen molar-refractivity contribution in [1.82, 2.24) is 10.3 Å². The van der Waals surface area contributed by atoms with Gasteiger partial charge in [-0.15, -0.1) is 11.3 Å².